The lowest BCUT2D eigenvalue weighted by Gasteiger charge is -2.15. The zero-order valence-corrected chi connectivity index (χ0v) is 64.3. The van der Waals surface area contributed by atoms with Gasteiger partial charge < -0.3 is 14.6 Å². The zero-order chi connectivity index (χ0) is 67.5. The monoisotopic (exact) mass is 1320 g/mol. The molecule has 0 aliphatic carbocycles. The van der Waals surface area contributed by atoms with Gasteiger partial charge in [-0.25, -0.2) is 0 Å². The van der Waals surface area contributed by atoms with Gasteiger partial charge in [0.15, 0.2) is 6.10 Å². The molecule has 0 aromatic heterocycles. The highest BCUT2D eigenvalue weighted by atomic mass is 16.6. The molecular weight excluding hydrogens is 1150 g/mol. The molecule has 0 aliphatic heterocycles. The van der Waals surface area contributed by atoms with E-state index in [1.165, 1.54) is 437 Å². The summed E-state index contributed by atoms with van der Waals surface area (Å²) in [6.45, 7) is 4.21. The number of ether oxygens (including phenoxy) is 2. The molecule has 1 unspecified atom stereocenters. The van der Waals surface area contributed by atoms with Crippen LogP contribution in [0.1, 0.15) is 502 Å². The van der Waals surface area contributed by atoms with Crippen LogP contribution in [0.4, 0.5) is 0 Å². The molecule has 0 radical (unpaired) electrons. The van der Waals surface area contributed by atoms with Crippen molar-refractivity contribution < 1.29 is 24.2 Å². The molecule has 556 valence electrons. The molecule has 5 nitrogen and oxygen atoms in total. The fourth-order valence-electron chi connectivity index (χ4n) is 13.9. The van der Waals surface area contributed by atoms with E-state index in [0.717, 1.165) is 38.5 Å². The van der Waals surface area contributed by atoms with Crippen LogP contribution in [0.15, 0.2) is 36.5 Å². The van der Waals surface area contributed by atoms with Crippen molar-refractivity contribution in [2.75, 3.05) is 13.2 Å². The van der Waals surface area contributed by atoms with Crippen molar-refractivity contribution in [1.29, 1.82) is 0 Å². The number of allylic oxidation sites excluding steroid dienone is 6. The number of aliphatic hydroxyl groups is 1. The van der Waals surface area contributed by atoms with Crippen LogP contribution in [0.25, 0.3) is 0 Å². The van der Waals surface area contributed by atoms with Gasteiger partial charge in [-0.1, -0.05) is 455 Å². The number of rotatable bonds is 83. The van der Waals surface area contributed by atoms with E-state index < -0.39 is 6.10 Å². The molecule has 0 rings (SSSR count). The highest BCUT2D eigenvalue weighted by Gasteiger charge is 2.16. The summed E-state index contributed by atoms with van der Waals surface area (Å²) in [6, 6.07) is 0. The molecule has 0 saturated carbocycles. The fraction of sp³-hybridized carbons (Fsp3) is 0.910. The Morgan fingerprint density at radius 3 is 0.638 bits per heavy atom. The summed E-state index contributed by atoms with van der Waals surface area (Å²) in [4.78, 5) is 24.8. The molecular formula is C89H170O5. The van der Waals surface area contributed by atoms with Crippen molar-refractivity contribution in [3.05, 3.63) is 36.5 Å². The van der Waals surface area contributed by atoms with Crippen molar-refractivity contribution in [3.63, 3.8) is 0 Å². The summed E-state index contributed by atoms with van der Waals surface area (Å²) in [5.74, 6) is -0.558. The molecule has 1 atom stereocenters. The van der Waals surface area contributed by atoms with E-state index in [1.54, 1.807) is 0 Å². The maximum absolute atomic E-state index is 12.4. The van der Waals surface area contributed by atoms with Crippen LogP contribution in [0.3, 0.4) is 0 Å². The second kappa shape index (κ2) is 85.3. The molecule has 1 N–H and O–H groups in total. The Labute approximate surface area is 590 Å². The average Bonchev–Trinajstić information content (AvgIpc) is 3.65. The van der Waals surface area contributed by atoms with Crippen LogP contribution in [0, 0.1) is 0 Å². The van der Waals surface area contributed by atoms with Gasteiger partial charge >= 0.3 is 11.9 Å². The van der Waals surface area contributed by atoms with Gasteiger partial charge in [-0.3, -0.25) is 9.59 Å². The first-order valence-electron chi connectivity index (χ1n) is 43.5. The van der Waals surface area contributed by atoms with Crippen LogP contribution < -0.4 is 0 Å². The standard InChI is InChI=1S/C89H170O5/c1-3-5-7-9-11-13-15-17-19-21-23-25-27-29-31-33-35-37-39-41-43-44-46-47-49-51-53-55-57-59-61-63-65-67-69-71-73-75-77-79-81-83-88(91)93-86-87(85-90)94-89(92)84-82-80-78-76-74-72-70-68-66-64-62-60-58-56-54-52-50-48-45-42-40-38-36-34-32-30-28-26-24-22-20-18-16-14-12-10-8-6-4-2/h16,18,21-24,87,90H,3-15,17,19-20,25-86H2,1-2H3/b18-16-,23-21-,24-22-. The van der Waals surface area contributed by atoms with Gasteiger partial charge in [-0.05, 0) is 70.6 Å². The maximum Gasteiger partial charge on any atom is 0.306 e. The van der Waals surface area contributed by atoms with E-state index in [1.807, 2.05) is 0 Å². The first-order valence-corrected chi connectivity index (χ1v) is 43.5. The first-order chi connectivity index (χ1) is 46.6. The first kappa shape index (κ1) is 92.1. The fourth-order valence-corrected chi connectivity index (χ4v) is 13.9. The Morgan fingerprint density at radius 1 is 0.245 bits per heavy atom. The Bertz CT molecular complexity index is 1500. The highest BCUT2D eigenvalue weighted by Crippen LogP contribution is 2.21. The number of hydrogen-bond donors (Lipinski definition) is 1. The summed E-state index contributed by atoms with van der Waals surface area (Å²) >= 11 is 0. The van der Waals surface area contributed by atoms with Gasteiger partial charge in [0, 0.05) is 12.8 Å². The smallest absolute Gasteiger partial charge is 0.306 e. The van der Waals surface area contributed by atoms with Crippen LogP contribution in [-0.4, -0.2) is 36.4 Å². The van der Waals surface area contributed by atoms with Crippen molar-refractivity contribution in [2.24, 2.45) is 0 Å². The summed E-state index contributed by atoms with van der Waals surface area (Å²) < 4.78 is 10.8. The van der Waals surface area contributed by atoms with Crippen molar-refractivity contribution >= 4 is 11.9 Å². The number of esters is 2. The topological polar surface area (TPSA) is 72.8 Å². The van der Waals surface area contributed by atoms with Crippen LogP contribution >= 0.6 is 0 Å². The number of carbonyl (C=O) groups is 2. The minimum absolute atomic E-state index is 0.0573. The Kier molecular flexibility index (Phi) is 83.6. The predicted molar refractivity (Wildman–Crippen MR) is 418 cm³/mol. The molecule has 0 saturated heterocycles. The van der Waals surface area contributed by atoms with Crippen molar-refractivity contribution in [3.8, 4) is 0 Å². The number of carbonyl (C=O) groups excluding carboxylic acids is 2. The Balaban J connectivity index is 3.33. The largest absolute Gasteiger partial charge is 0.462 e. The lowest BCUT2D eigenvalue weighted by Crippen LogP contribution is -2.28. The molecule has 0 amide bonds. The van der Waals surface area contributed by atoms with Gasteiger partial charge in [0.2, 0.25) is 0 Å². The molecule has 0 bridgehead atoms. The summed E-state index contributed by atoms with van der Waals surface area (Å²) in [7, 11) is 0. The average molecular weight is 1320 g/mol. The van der Waals surface area contributed by atoms with Gasteiger partial charge in [-0.15, -0.1) is 0 Å². The summed E-state index contributed by atoms with van der Waals surface area (Å²) in [6.07, 6.45) is 116. The quantitative estimate of drug-likeness (QED) is 0.0373. The lowest BCUT2D eigenvalue weighted by molar-refractivity contribution is -0.161. The predicted octanol–water partition coefficient (Wildman–Crippen LogP) is 30.8. The molecule has 0 spiro atoms. The molecule has 0 aromatic carbocycles. The van der Waals surface area contributed by atoms with Gasteiger partial charge in [-0.2, -0.15) is 0 Å². The Hall–Kier alpha value is -1.88. The third-order valence-corrected chi connectivity index (χ3v) is 20.4. The maximum atomic E-state index is 12.4. The van der Waals surface area contributed by atoms with Crippen molar-refractivity contribution in [1.82, 2.24) is 0 Å². The molecule has 0 heterocycles. The summed E-state index contributed by atoms with van der Waals surface area (Å²) in [5, 5.41) is 9.74. The molecule has 0 aliphatic rings. The third-order valence-electron chi connectivity index (χ3n) is 20.4. The van der Waals surface area contributed by atoms with E-state index in [0.29, 0.717) is 12.8 Å². The SMILES string of the molecule is CCCCCCC/C=C\C/C=C\CCCCCCCCCCCCCCCCCCCCCCCCCCCCCC(=O)OC(CO)COC(=O)CCCCCCCCCCCCCCCCCCCCCCCCCCCCCCC/C=C\CCCCCCCCCC. The zero-order valence-electron chi connectivity index (χ0n) is 64.3. The van der Waals surface area contributed by atoms with Gasteiger partial charge in [0.1, 0.15) is 6.61 Å². The number of unbranched alkanes of at least 4 members (excludes halogenated alkanes) is 69. The Morgan fingerprint density at radius 2 is 0.426 bits per heavy atom. The minimum atomic E-state index is -0.769. The molecule has 5 heteroatoms. The van der Waals surface area contributed by atoms with Crippen LogP contribution in [0.2, 0.25) is 0 Å². The van der Waals surface area contributed by atoms with Crippen LogP contribution in [-0.2, 0) is 19.1 Å². The van der Waals surface area contributed by atoms with E-state index in [-0.39, 0.29) is 25.2 Å². The highest BCUT2D eigenvalue weighted by molar-refractivity contribution is 5.70. The van der Waals surface area contributed by atoms with E-state index >= 15 is 0 Å². The molecule has 0 aromatic rings. The number of aliphatic hydroxyl groups excluding tert-OH is 1. The van der Waals surface area contributed by atoms with Gasteiger partial charge in [0.25, 0.3) is 0 Å². The van der Waals surface area contributed by atoms with Crippen molar-refractivity contribution in [2.45, 2.75) is 508 Å². The minimum Gasteiger partial charge on any atom is -0.462 e. The third kappa shape index (κ3) is 82.5. The lowest BCUT2D eigenvalue weighted by atomic mass is 10.0. The van der Waals surface area contributed by atoms with E-state index in [9.17, 15) is 14.7 Å². The van der Waals surface area contributed by atoms with E-state index in [2.05, 4.69) is 50.3 Å². The molecule has 0 fully saturated rings. The molecule has 94 heavy (non-hydrogen) atoms. The summed E-state index contributed by atoms with van der Waals surface area (Å²) in [5.41, 5.74) is 0. The van der Waals surface area contributed by atoms with Crippen LogP contribution in [0.5, 0.6) is 0 Å². The number of hydrogen-bond acceptors (Lipinski definition) is 5. The second-order valence-electron chi connectivity index (χ2n) is 30.0. The van der Waals surface area contributed by atoms with E-state index in [4.69, 9.17) is 9.47 Å². The van der Waals surface area contributed by atoms with Gasteiger partial charge in [0.05, 0.1) is 6.61 Å². The normalized spacial score (nSPS) is 12.2. The second-order valence-corrected chi connectivity index (χ2v) is 30.0.